The van der Waals surface area contributed by atoms with E-state index < -0.39 is 0 Å². The topological polar surface area (TPSA) is 29.3 Å². The van der Waals surface area contributed by atoms with Crippen LogP contribution in [0.25, 0.3) is 0 Å². The molecule has 2 nitrogen and oxygen atoms in total. The Labute approximate surface area is 87.8 Å². The maximum absolute atomic E-state index is 5.91. The highest BCUT2D eigenvalue weighted by atomic mass is 15.2. The Kier molecular flexibility index (Phi) is 3.45. The average molecular weight is 196 g/mol. The van der Waals surface area contributed by atoms with E-state index in [2.05, 4.69) is 11.8 Å². The molecule has 0 aromatic heterocycles. The van der Waals surface area contributed by atoms with Crippen LogP contribution in [0.3, 0.4) is 0 Å². The van der Waals surface area contributed by atoms with Gasteiger partial charge in [0.2, 0.25) is 0 Å². The third-order valence-corrected chi connectivity index (χ3v) is 4.19. The van der Waals surface area contributed by atoms with E-state index in [0.717, 1.165) is 18.5 Å². The molecular formula is C12H24N2. The molecule has 0 spiro atoms. The predicted molar refractivity (Wildman–Crippen MR) is 60.2 cm³/mol. The van der Waals surface area contributed by atoms with Gasteiger partial charge >= 0.3 is 0 Å². The molecule has 0 aromatic rings. The Bertz CT molecular complexity index is 175. The second-order valence-electron chi connectivity index (χ2n) is 5.10. The minimum atomic E-state index is 0.673. The molecule has 2 rings (SSSR count). The van der Waals surface area contributed by atoms with Crippen molar-refractivity contribution in [2.75, 3.05) is 13.1 Å². The molecule has 2 aliphatic rings. The fourth-order valence-corrected chi connectivity index (χ4v) is 3.34. The van der Waals surface area contributed by atoms with Gasteiger partial charge in [0.1, 0.15) is 0 Å². The standard InChI is InChI=1S/C12H24N2/c1-10-5-4-8-14(12(10)9-13)11-6-2-3-7-11/h10-12H,2-9,13H2,1H3. The smallest absolute Gasteiger partial charge is 0.0246 e. The van der Waals surface area contributed by atoms with Crippen LogP contribution in [0.2, 0.25) is 0 Å². The van der Waals surface area contributed by atoms with Gasteiger partial charge in [0, 0.05) is 18.6 Å². The Morgan fingerprint density at radius 3 is 2.50 bits per heavy atom. The van der Waals surface area contributed by atoms with Gasteiger partial charge in [-0.2, -0.15) is 0 Å². The Balaban J connectivity index is 1.99. The lowest BCUT2D eigenvalue weighted by Gasteiger charge is -2.43. The maximum atomic E-state index is 5.91. The van der Waals surface area contributed by atoms with Crippen molar-refractivity contribution >= 4 is 0 Å². The summed E-state index contributed by atoms with van der Waals surface area (Å²) in [6, 6.07) is 1.54. The second-order valence-corrected chi connectivity index (χ2v) is 5.10. The Morgan fingerprint density at radius 1 is 1.14 bits per heavy atom. The summed E-state index contributed by atoms with van der Waals surface area (Å²) in [4.78, 5) is 2.72. The number of rotatable bonds is 2. The first kappa shape index (κ1) is 10.4. The molecule has 1 aliphatic heterocycles. The molecule has 1 aliphatic carbocycles. The molecule has 2 atom stereocenters. The van der Waals surface area contributed by atoms with E-state index in [4.69, 9.17) is 5.73 Å². The van der Waals surface area contributed by atoms with Crippen molar-refractivity contribution in [2.45, 2.75) is 57.5 Å². The molecule has 1 heterocycles. The summed E-state index contributed by atoms with van der Waals surface area (Å²) >= 11 is 0. The molecule has 0 amide bonds. The number of piperidine rings is 1. The van der Waals surface area contributed by atoms with Gasteiger partial charge in [0.05, 0.1) is 0 Å². The maximum Gasteiger partial charge on any atom is 0.0246 e. The van der Waals surface area contributed by atoms with E-state index in [-0.39, 0.29) is 0 Å². The van der Waals surface area contributed by atoms with E-state index in [1.807, 2.05) is 0 Å². The number of likely N-dealkylation sites (tertiary alicyclic amines) is 1. The molecule has 2 unspecified atom stereocenters. The van der Waals surface area contributed by atoms with Crippen molar-refractivity contribution in [3.05, 3.63) is 0 Å². The lowest BCUT2D eigenvalue weighted by atomic mass is 9.89. The third kappa shape index (κ3) is 1.96. The molecule has 0 bridgehead atoms. The van der Waals surface area contributed by atoms with Crippen LogP contribution in [0.5, 0.6) is 0 Å². The number of hydrogen-bond acceptors (Lipinski definition) is 2. The largest absolute Gasteiger partial charge is 0.329 e. The van der Waals surface area contributed by atoms with Crippen molar-refractivity contribution in [1.29, 1.82) is 0 Å². The highest BCUT2D eigenvalue weighted by molar-refractivity contribution is 4.89. The van der Waals surface area contributed by atoms with Crippen molar-refractivity contribution < 1.29 is 0 Å². The third-order valence-electron chi connectivity index (χ3n) is 4.19. The molecule has 2 heteroatoms. The number of nitrogens with zero attached hydrogens (tertiary/aromatic N) is 1. The van der Waals surface area contributed by atoms with Crippen LogP contribution in [-0.2, 0) is 0 Å². The summed E-state index contributed by atoms with van der Waals surface area (Å²) in [5.41, 5.74) is 5.91. The lowest BCUT2D eigenvalue weighted by Crippen LogP contribution is -2.52. The highest BCUT2D eigenvalue weighted by Gasteiger charge is 2.33. The summed E-state index contributed by atoms with van der Waals surface area (Å²) in [5, 5.41) is 0. The Hall–Kier alpha value is -0.0800. The Morgan fingerprint density at radius 2 is 1.86 bits per heavy atom. The molecule has 1 saturated carbocycles. The van der Waals surface area contributed by atoms with Crippen LogP contribution in [-0.4, -0.2) is 30.1 Å². The van der Waals surface area contributed by atoms with E-state index in [1.165, 1.54) is 45.1 Å². The van der Waals surface area contributed by atoms with Crippen LogP contribution in [0, 0.1) is 5.92 Å². The predicted octanol–water partition coefficient (Wildman–Crippen LogP) is 1.99. The van der Waals surface area contributed by atoms with E-state index in [1.54, 1.807) is 0 Å². The van der Waals surface area contributed by atoms with Gasteiger partial charge < -0.3 is 5.73 Å². The summed E-state index contributed by atoms with van der Waals surface area (Å²) in [7, 11) is 0. The van der Waals surface area contributed by atoms with Crippen LogP contribution < -0.4 is 5.73 Å². The quantitative estimate of drug-likeness (QED) is 0.732. The fraction of sp³-hybridized carbons (Fsp3) is 1.00. The zero-order chi connectivity index (χ0) is 9.97. The van der Waals surface area contributed by atoms with Gasteiger partial charge in [-0.15, -0.1) is 0 Å². The summed E-state index contributed by atoms with van der Waals surface area (Å²) in [6.07, 6.45) is 8.48. The monoisotopic (exact) mass is 196 g/mol. The van der Waals surface area contributed by atoms with Crippen LogP contribution >= 0.6 is 0 Å². The van der Waals surface area contributed by atoms with Crippen molar-refractivity contribution in [3.63, 3.8) is 0 Å². The summed E-state index contributed by atoms with van der Waals surface area (Å²) < 4.78 is 0. The zero-order valence-corrected chi connectivity index (χ0v) is 9.41. The van der Waals surface area contributed by atoms with Crippen LogP contribution in [0.4, 0.5) is 0 Å². The second kappa shape index (κ2) is 4.63. The molecule has 2 fully saturated rings. The van der Waals surface area contributed by atoms with Gasteiger partial charge in [0.15, 0.2) is 0 Å². The first-order chi connectivity index (χ1) is 6.83. The number of hydrogen-bond donors (Lipinski definition) is 1. The molecule has 0 radical (unpaired) electrons. The van der Waals surface area contributed by atoms with Crippen molar-refractivity contribution in [1.82, 2.24) is 4.90 Å². The SMILES string of the molecule is CC1CCCN(C2CCCC2)C1CN. The molecule has 82 valence electrons. The van der Waals surface area contributed by atoms with E-state index in [0.29, 0.717) is 6.04 Å². The molecule has 1 saturated heterocycles. The molecular weight excluding hydrogens is 172 g/mol. The van der Waals surface area contributed by atoms with Gasteiger partial charge in [-0.25, -0.2) is 0 Å². The van der Waals surface area contributed by atoms with Crippen LogP contribution in [0.1, 0.15) is 45.4 Å². The normalized spacial score (nSPS) is 36.4. The molecule has 14 heavy (non-hydrogen) atoms. The van der Waals surface area contributed by atoms with E-state index in [9.17, 15) is 0 Å². The lowest BCUT2D eigenvalue weighted by molar-refractivity contribution is 0.0645. The van der Waals surface area contributed by atoms with Crippen LogP contribution in [0.15, 0.2) is 0 Å². The average Bonchev–Trinajstić information content (AvgIpc) is 2.70. The van der Waals surface area contributed by atoms with Gasteiger partial charge in [-0.1, -0.05) is 19.8 Å². The minimum absolute atomic E-state index is 0.673. The van der Waals surface area contributed by atoms with Crippen molar-refractivity contribution in [2.24, 2.45) is 11.7 Å². The molecule has 2 N–H and O–H groups in total. The van der Waals surface area contributed by atoms with Gasteiger partial charge in [-0.05, 0) is 38.1 Å². The van der Waals surface area contributed by atoms with E-state index >= 15 is 0 Å². The summed E-state index contributed by atoms with van der Waals surface area (Å²) in [6.45, 7) is 4.53. The highest BCUT2D eigenvalue weighted by Crippen LogP contribution is 2.31. The summed E-state index contributed by atoms with van der Waals surface area (Å²) in [5.74, 6) is 0.814. The first-order valence-electron chi connectivity index (χ1n) is 6.28. The fourth-order valence-electron chi connectivity index (χ4n) is 3.34. The number of nitrogens with two attached hydrogens (primary N) is 1. The first-order valence-corrected chi connectivity index (χ1v) is 6.28. The zero-order valence-electron chi connectivity index (χ0n) is 9.41. The van der Waals surface area contributed by atoms with Crippen molar-refractivity contribution in [3.8, 4) is 0 Å². The minimum Gasteiger partial charge on any atom is -0.329 e. The molecule has 0 aromatic carbocycles. The van der Waals surface area contributed by atoms with Gasteiger partial charge in [0.25, 0.3) is 0 Å². The van der Waals surface area contributed by atoms with Gasteiger partial charge in [-0.3, -0.25) is 4.90 Å².